The Bertz CT molecular complexity index is 1200. The summed E-state index contributed by atoms with van der Waals surface area (Å²) in [7, 11) is -1.07. The Labute approximate surface area is 214 Å². The van der Waals surface area contributed by atoms with E-state index in [2.05, 4.69) is 26.2 Å². The molecule has 1 aliphatic rings. The number of benzene rings is 2. The van der Waals surface area contributed by atoms with E-state index >= 15 is 0 Å². The molecule has 1 N–H and O–H groups in total. The van der Waals surface area contributed by atoms with Crippen molar-refractivity contribution >= 4 is 38.0 Å². The molecule has 0 bridgehead atoms. The van der Waals surface area contributed by atoms with Gasteiger partial charge in [0.25, 0.3) is 0 Å². The van der Waals surface area contributed by atoms with Gasteiger partial charge in [-0.1, -0.05) is 46.3 Å². The van der Waals surface area contributed by atoms with Crippen LogP contribution in [0.3, 0.4) is 0 Å². The van der Waals surface area contributed by atoms with Gasteiger partial charge in [0.15, 0.2) is 0 Å². The summed E-state index contributed by atoms with van der Waals surface area (Å²) in [5.74, 6) is -0.0675. The van der Waals surface area contributed by atoms with Crippen molar-refractivity contribution in [1.29, 1.82) is 0 Å². The van der Waals surface area contributed by atoms with Crippen molar-refractivity contribution in [3.8, 4) is 5.75 Å². The van der Waals surface area contributed by atoms with Crippen LogP contribution in [0.15, 0.2) is 58.0 Å². The first-order valence-electron chi connectivity index (χ1n) is 10.9. The average molecular weight is 568 g/mol. The number of rotatable bonds is 6. The number of carbonyl (C=O) groups is 1. The monoisotopic (exact) mass is 567 g/mol. The highest BCUT2D eigenvalue weighted by atomic mass is 79.9. The average Bonchev–Trinajstić information content (AvgIpc) is 2.76. The van der Waals surface area contributed by atoms with E-state index in [-0.39, 0.29) is 24.9 Å². The second kappa shape index (κ2) is 10.5. The third-order valence-corrected chi connectivity index (χ3v) is 7.58. The molecule has 9 nitrogen and oxygen atoms in total. The number of hydrogen-bond acceptors (Lipinski definition) is 6. The molecule has 2 aromatic rings. The van der Waals surface area contributed by atoms with Crippen LogP contribution in [-0.4, -0.2) is 56.9 Å². The first-order chi connectivity index (χ1) is 16.3. The van der Waals surface area contributed by atoms with Crippen LogP contribution in [-0.2, 0) is 31.6 Å². The molecular weight excluding hydrogens is 538 g/mol. The summed E-state index contributed by atoms with van der Waals surface area (Å²) in [6.45, 7) is 5.32. The minimum absolute atomic E-state index is 0.0465. The molecule has 0 aromatic heterocycles. The Morgan fingerprint density at radius 1 is 1.20 bits per heavy atom. The summed E-state index contributed by atoms with van der Waals surface area (Å²) in [4.78, 5) is 16.4. The maximum absolute atomic E-state index is 13.3. The largest absolute Gasteiger partial charge is 0.496 e. The Morgan fingerprint density at radius 2 is 1.89 bits per heavy atom. The Balaban J connectivity index is 2.07. The van der Waals surface area contributed by atoms with Crippen LogP contribution >= 0.6 is 15.9 Å². The van der Waals surface area contributed by atoms with Crippen LogP contribution in [0.25, 0.3) is 0 Å². The zero-order valence-corrected chi connectivity index (χ0v) is 22.8. The van der Waals surface area contributed by atoms with Gasteiger partial charge in [-0.05, 0) is 44.5 Å². The molecule has 1 fully saturated rings. The summed E-state index contributed by atoms with van der Waals surface area (Å²) in [5, 5.41) is 3.16. The zero-order chi connectivity index (χ0) is 25.9. The highest BCUT2D eigenvalue weighted by Gasteiger charge is 2.48. The van der Waals surface area contributed by atoms with Gasteiger partial charge in [-0.25, -0.2) is 17.5 Å². The van der Waals surface area contributed by atoms with Crippen molar-refractivity contribution in [3.05, 3.63) is 64.1 Å². The summed E-state index contributed by atoms with van der Waals surface area (Å²) < 4.78 is 45.2. The quantitative estimate of drug-likeness (QED) is 0.561. The molecule has 0 aliphatic carbocycles. The SMILES string of the molecule is COc1ccc(Br)cc1[C@]1(COCc2ccccc2)CS(=O)(=O)N(C)/C(=N/C(=O)OC(C)(C)C)N1. The van der Waals surface area contributed by atoms with Crippen LogP contribution in [0.5, 0.6) is 5.75 Å². The van der Waals surface area contributed by atoms with E-state index < -0.39 is 27.3 Å². The van der Waals surface area contributed by atoms with Gasteiger partial charge in [-0.3, -0.25) is 0 Å². The molecule has 1 amide bonds. The van der Waals surface area contributed by atoms with Gasteiger partial charge in [0.05, 0.1) is 26.1 Å². The van der Waals surface area contributed by atoms with Gasteiger partial charge in [0.1, 0.15) is 16.9 Å². The second-order valence-corrected chi connectivity index (χ2v) is 12.1. The first-order valence-corrected chi connectivity index (χ1v) is 13.3. The number of nitrogens with zero attached hydrogens (tertiary/aromatic N) is 2. The van der Waals surface area contributed by atoms with Crippen molar-refractivity contribution in [2.45, 2.75) is 38.5 Å². The molecule has 0 unspecified atom stereocenters. The van der Waals surface area contributed by atoms with Crippen molar-refractivity contribution in [2.24, 2.45) is 4.99 Å². The van der Waals surface area contributed by atoms with Crippen LogP contribution < -0.4 is 10.1 Å². The van der Waals surface area contributed by atoms with E-state index in [0.717, 1.165) is 14.3 Å². The lowest BCUT2D eigenvalue weighted by molar-refractivity contribution is 0.0591. The molecule has 1 heterocycles. The fourth-order valence-corrected chi connectivity index (χ4v) is 5.45. The Kier molecular flexibility index (Phi) is 8.13. The fourth-order valence-electron chi connectivity index (χ4n) is 3.61. The molecule has 11 heteroatoms. The van der Waals surface area contributed by atoms with Crippen LogP contribution in [0, 0.1) is 0 Å². The van der Waals surface area contributed by atoms with E-state index in [0.29, 0.717) is 11.3 Å². The molecule has 35 heavy (non-hydrogen) atoms. The third-order valence-electron chi connectivity index (χ3n) is 5.22. The maximum Gasteiger partial charge on any atom is 0.437 e. The molecule has 0 saturated carbocycles. The standard InChI is InChI=1S/C24H30BrN3O6S/c1-23(2,3)34-22(29)26-21-27-24(16-35(30,31)28(21)4,15-33-14-17-9-7-6-8-10-17)19-13-18(25)11-12-20(19)32-5/h6-13H,14-16H2,1-5H3,(H,26,27,29)/t24-/m0/s1. The number of ether oxygens (including phenoxy) is 3. The number of hydrogen-bond donors (Lipinski definition) is 1. The van der Waals surface area contributed by atoms with Gasteiger partial charge in [-0.15, -0.1) is 4.99 Å². The smallest absolute Gasteiger partial charge is 0.437 e. The Hall–Kier alpha value is -2.63. The summed E-state index contributed by atoms with van der Waals surface area (Å²) >= 11 is 3.46. The molecule has 1 aliphatic heterocycles. The number of sulfonamides is 1. The van der Waals surface area contributed by atoms with Gasteiger partial charge < -0.3 is 19.5 Å². The number of methoxy groups -OCH3 is 1. The molecule has 1 atom stereocenters. The summed E-state index contributed by atoms with van der Waals surface area (Å²) in [5.41, 5.74) is -0.634. The van der Waals surface area contributed by atoms with E-state index in [1.54, 1.807) is 39.0 Å². The van der Waals surface area contributed by atoms with Crippen LogP contribution in [0.2, 0.25) is 0 Å². The minimum atomic E-state index is -3.91. The number of nitrogens with one attached hydrogen (secondary N) is 1. The normalized spacial score (nSPS) is 20.9. The second-order valence-electron chi connectivity index (χ2n) is 9.17. The fraction of sp³-hybridized carbons (Fsp3) is 0.417. The van der Waals surface area contributed by atoms with Crippen LogP contribution in [0.4, 0.5) is 4.79 Å². The predicted molar refractivity (Wildman–Crippen MR) is 137 cm³/mol. The van der Waals surface area contributed by atoms with E-state index in [1.165, 1.54) is 14.2 Å². The van der Waals surface area contributed by atoms with Gasteiger partial charge >= 0.3 is 6.09 Å². The lowest BCUT2D eigenvalue weighted by Crippen LogP contribution is -2.64. The molecular formula is C24H30BrN3O6S. The van der Waals surface area contributed by atoms with Gasteiger partial charge in [-0.2, -0.15) is 0 Å². The van der Waals surface area contributed by atoms with Gasteiger partial charge in [0, 0.05) is 17.1 Å². The molecule has 2 aromatic carbocycles. The number of aliphatic imine (C=N–C) groups is 1. The number of guanidine groups is 1. The maximum atomic E-state index is 13.3. The van der Waals surface area contributed by atoms with Crippen molar-refractivity contribution in [1.82, 2.24) is 9.62 Å². The minimum Gasteiger partial charge on any atom is -0.496 e. The number of carbonyl (C=O) groups excluding carboxylic acids is 1. The van der Waals surface area contributed by atoms with Crippen LogP contribution in [0.1, 0.15) is 31.9 Å². The summed E-state index contributed by atoms with van der Waals surface area (Å²) in [6, 6.07) is 14.8. The molecule has 3 rings (SSSR count). The highest BCUT2D eigenvalue weighted by Crippen LogP contribution is 2.37. The lowest BCUT2D eigenvalue weighted by Gasteiger charge is -2.43. The predicted octanol–water partition coefficient (Wildman–Crippen LogP) is 4.03. The molecule has 1 saturated heterocycles. The van der Waals surface area contributed by atoms with E-state index in [4.69, 9.17) is 14.2 Å². The van der Waals surface area contributed by atoms with Crippen molar-refractivity contribution in [2.75, 3.05) is 26.5 Å². The van der Waals surface area contributed by atoms with Crippen molar-refractivity contribution in [3.63, 3.8) is 0 Å². The third kappa shape index (κ3) is 6.74. The lowest BCUT2D eigenvalue weighted by atomic mass is 9.91. The topological polar surface area (TPSA) is 107 Å². The van der Waals surface area contributed by atoms with E-state index in [1.807, 2.05) is 30.3 Å². The summed E-state index contributed by atoms with van der Waals surface area (Å²) in [6.07, 6.45) is -0.913. The molecule has 0 spiro atoms. The Morgan fingerprint density at radius 3 is 2.51 bits per heavy atom. The zero-order valence-electron chi connectivity index (χ0n) is 20.4. The number of amides is 1. The molecule has 0 radical (unpaired) electrons. The number of halogens is 1. The highest BCUT2D eigenvalue weighted by molar-refractivity contribution is 9.10. The first kappa shape index (κ1) is 27.0. The molecule has 190 valence electrons. The van der Waals surface area contributed by atoms with E-state index in [9.17, 15) is 13.2 Å². The van der Waals surface area contributed by atoms with Crippen molar-refractivity contribution < 1.29 is 27.4 Å². The van der Waals surface area contributed by atoms with Gasteiger partial charge in [0.2, 0.25) is 16.0 Å².